The van der Waals surface area contributed by atoms with Gasteiger partial charge in [0, 0.05) is 20.0 Å². The van der Waals surface area contributed by atoms with Crippen LogP contribution in [-0.2, 0) is 13.6 Å². The van der Waals surface area contributed by atoms with Crippen LogP contribution in [0, 0.1) is 0 Å². The predicted molar refractivity (Wildman–Crippen MR) is 36.4 cm³/mol. The molecular formula is C5H11O3P. The summed E-state index contributed by atoms with van der Waals surface area (Å²) < 4.78 is 20.2. The Morgan fingerprint density at radius 2 is 1.78 bits per heavy atom. The molecule has 4 heteroatoms. The summed E-state index contributed by atoms with van der Waals surface area (Å²) in [6.45, 7) is 1.75. The van der Waals surface area contributed by atoms with Crippen molar-refractivity contribution in [2.45, 2.75) is 6.92 Å². The first kappa shape index (κ1) is 8.89. The van der Waals surface area contributed by atoms with Gasteiger partial charge in [-0.25, -0.2) is 0 Å². The molecule has 0 saturated carbocycles. The predicted octanol–water partition coefficient (Wildman–Crippen LogP) is 2.01. The van der Waals surface area contributed by atoms with Crippen molar-refractivity contribution in [3.8, 4) is 0 Å². The van der Waals surface area contributed by atoms with Crippen LogP contribution >= 0.6 is 7.60 Å². The molecule has 0 heterocycles. The molecule has 0 aliphatic carbocycles. The van der Waals surface area contributed by atoms with Gasteiger partial charge < -0.3 is 9.05 Å². The molecule has 54 valence electrons. The quantitative estimate of drug-likeness (QED) is 0.577. The second-order valence-electron chi connectivity index (χ2n) is 1.39. The van der Waals surface area contributed by atoms with Crippen LogP contribution in [0.4, 0.5) is 0 Å². The van der Waals surface area contributed by atoms with Crippen LogP contribution in [0.2, 0.25) is 0 Å². The third-order valence-electron chi connectivity index (χ3n) is 0.841. The average molecular weight is 150 g/mol. The maximum absolute atomic E-state index is 11.0. The number of allylic oxidation sites excluding steroid dienone is 1. The van der Waals surface area contributed by atoms with Crippen LogP contribution in [0.25, 0.3) is 0 Å². The summed E-state index contributed by atoms with van der Waals surface area (Å²) in [6, 6.07) is 0. The molecule has 0 aliphatic heterocycles. The Bertz CT molecular complexity index is 133. The summed E-state index contributed by atoms with van der Waals surface area (Å²) in [4.78, 5) is 0. The van der Waals surface area contributed by atoms with Crippen molar-refractivity contribution in [3.63, 3.8) is 0 Å². The molecule has 0 aromatic carbocycles. The van der Waals surface area contributed by atoms with Gasteiger partial charge in [-0.05, 0) is 6.92 Å². The van der Waals surface area contributed by atoms with Gasteiger partial charge in [-0.15, -0.1) is 0 Å². The van der Waals surface area contributed by atoms with Crippen LogP contribution in [0.5, 0.6) is 0 Å². The van der Waals surface area contributed by atoms with E-state index in [1.54, 1.807) is 13.0 Å². The average Bonchev–Trinajstić information content (AvgIpc) is 1.89. The fourth-order valence-corrected chi connectivity index (χ4v) is 1.14. The molecule has 9 heavy (non-hydrogen) atoms. The topological polar surface area (TPSA) is 35.5 Å². The maximum Gasteiger partial charge on any atom is 0.353 e. The fourth-order valence-electron chi connectivity index (χ4n) is 0.379. The minimum Gasteiger partial charge on any atom is -0.309 e. The van der Waals surface area contributed by atoms with Gasteiger partial charge in [-0.1, -0.05) is 6.08 Å². The molecule has 0 fully saturated rings. The molecule has 0 radical (unpaired) electrons. The Labute approximate surface area is 55.2 Å². The number of hydrogen-bond donors (Lipinski definition) is 0. The van der Waals surface area contributed by atoms with Crippen LogP contribution in [-0.4, -0.2) is 14.2 Å². The molecule has 0 aromatic heterocycles. The van der Waals surface area contributed by atoms with Crippen LogP contribution in [0.15, 0.2) is 11.9 Å². The third-order valence-corrected chi connectivity index (χ3v) is 2.52. The molecule has 0 N–H and O–H groups in total. The maximum atomic E-state index is 11.0. The second-order valence-corrected chi connectivity index (χ2v) is 3.50. The Morgan fingerprint density at radius 3 is 1.89 bits per heavy atom. The first-order chi connectivity index (χ1) is 4.18. The van der Waals surface area contributed by atoms with Gasteiger partial charge in [-0.2, -0.15) is 0 Å². The summed E-state index contributed by atoms with van der Waals surface area (Å²) >= 11 is 0. The molecular weight excluding hydrogens is 139 g/mol. The molecule has 0 aromatic rings. The van der Waals surface area contributed by atoms with E-state index in [9.17, 15) is 4.57 Å². The van der Waals surface area contributed by atoms with Crippen molar-refractivity contribution in [3.05, 3.63) is 11.9 Å². The van der Waals surface area contributed by atoms with E-state index < -0.39 is 7.60 Å². The Balaban J connectivity index is 4.11. The summed E-state index contributed by atoms with van der Waals surface area (Å²) in [7, 11) is -0.159. The van der Waals surface area contributed by atoms with Gasteiger partial charge >= 0.3 is 7.60 Å². The van der Waals surface area contributed by atoms with E-state index in [2.05, 4.69) is 9.05 Å². The van der Waals surface area contributed by atoms with Gasteiger partial charge in [0.2, 0.25) is 0 Å². The van der Waals surface area contributed by atoms with E-state index >= 15 is 0 Å². The van der Waals surface area contributed by atoms with E-state index in [1.807, 2.05) is 0 Å². The lowest BCUT2D eigenvalue weighted by Gasteiger charge is -2.06. The lowest BCUT2D eigenvalue weighted by atomic mass is 10.8. The van der Waals surface area contributed by atoms with E-state index in [0.717, 1.165) is 0 Å². The Hall–Kier alpha value is -0.110. The first-order valence-corrected chi connectivity index (χ1v) is 4.14. The minimum atomic E-state index is -2.86. The Kier molecular flexibility index (Phi) is 3.78. The zero-order valence-corrected chi connectivity index (χ0v) is 6.72. The summed E-state index contributed by atoms with van der Waals surface area (Å²) in [5, 5.41) is 0. The monoisotopic (exact) mass is 150 g/mol. The summed E-state index contributed by atoms with van der Waals surface area (Å²) in [6.07, 6.45) is 1.63. The highest BCUT2D eigenvalue weighted by Gasteiger charge is 2.13. The highest BCUT2D eigenvalue weighted by molar-refractivity contribution is 7.57. The van der Waals surface area contributed by atoms with Crippen molar-refractivity contribution >= 4 is 7.60 Å². The highest BCUT2D eigenvalue weighted by Crippen LogP contribution is 2.47. The zero-order valence-electron chi connectivity index (χ0n) is 5.83. The summed E-state index contributed by atoms with van der Waals surface area (Å²) in [5.74, 6) is 1.41. The molecule has 0 saturated heterocycles. The number of rotatable bonds is 3. The molecule has 0 atom stereocenters. The fraction of sp³-hybridized carbons (Fsp3) is 0.600. The SMILES string of the molecule is CC=CP(=O)(OC)OC. The molecule has 3 nitrogen and oxygen atoms in total. The van der Waals surface area contributed by atoms with Crippen LogP contribution < -0.4 is 0 Å². The van der Waals surface area contributed by atoms with Gasteiger partial charge in [0.1, 0.15) is 0 Å². The first-order valence-electron chi connectivity index (χ1n) is 2.53. The highest BCUT2D eigenvalue weighted by atomic mass is 31.2. The normalized spacial score (nSPS) is 12.8. The number of hydrogen-bond acceptors (Lipinski definition) is 3. The van der Waals surface area contributed by atoms with Crippen LogP contribution in [0.1, 0.15) is 6.92 Å². The van der Waals surface area contributed by atoms with E-state index in [4.69, 9.17) is 0 Å². The van der Waals surface area contributed by atoms with Gasteiger partial charge in [0.15, 0.2) is 0 Å². The van der Waals surface area contributed by atoms with Crippen molar-refractivity contribution in [2.75, 3.05) is 14.2 Å². The second kappa shape index (κ2) is 3.83. The molecule has 0 amide bonds. The van der Waals surface area contributed by atoms with Crippen molar-refractivity contribution < 1.29 is 13.6 Å². The third kappa shape index (κ3) is 2.80. The van der Waals surface area contributed by atoms with E-state index in [1.165, 1.54) is 20.0 Å². The van der Waals surface area contributed by atoms with Gasteiger partial charge in [0.25, 0.3) is 0 Å². The minimum absolute atomic E-state index is 1.35. The zero-order chi connectivity index (χ0) is 7.33. The molecule has 0 spiro atoms. The smallest absolute Gasteiger partial charge is 0.309 e. The molecule has 0 aliphatic rings. The molecule has 0 rings (SSSR count). The lowest BCUT2D eigenvalue weighted by Crippen LogP contribution is -1.82. The van der Waals surface area contributed by atoms with Crippen LogP contribution in [0.3, 0.4) is 0 Å². The van der Waals surface area contributed by atoms with Crippen molar-refractivity contribution in [2.24, 2.45) is 0 Å². The standard InChI is InChI=1S/C5H11O3P/c1-4-5-9(6,7-2)8-3/h4-5H,1-3H3. The van der Waals surface area contributed by atoms with E-state index in [-0.39, 0.29) is 0 Å². The lowest BCUT2D eigenvalue weighted by molar-refractivity contribution is 0.286. The largest absolute Gasteiger partial charge is 0.353 e. The molecule has 0 unspecified atom stereocenters. The van der Waals surface area contributed by atoms with Gasteiger partial charge in [0.05, 0.1) is 0 Å². The van der Waals surface area contributed by atoms with Gasteiger partial charge in [-0.3, -0.25) is 4.57 Å². The van der Waals surface area contributed by atoms with Crippen molar-refractivity contribution in [1.82, 2.24) is 0 Å². The van der Waals surface area contributed by atoms with E-state index in [0.29, 0.717) is 0 Å². The Morgan fingerprint density at radius 1 is 1.33 bits per heavy atom. The van der Waals surface area contributed by atoms with Crippen molar-refractivity contribution in [1.29, 1.82) is 0 Å². The molecule has 0 bridgehead atoms. The summed E-state index contributed by atoms with van der Waals surface area (Å²) in [5.41, 5.74) is 0.